The van der Waals surface area contributed by atoms with Crippen molar-refractivity contribution < 1.29 is 22.3 Å². The Hall–Kier alpha value is -2.55. The van der Waals surface area contributed by atoms with Crippen LogP contribution in [0.15, 0.2) is 24.3 Å². The summed E-state index contributed by atoms with van der Waals surface area (Å²) < 4.78 is 45.3. The van der Waals surface area contributed by atoms with E-state index < -0.39 is 27.5 Å². The van der Waals surface area contributed by atoms with Crippen LogP contribution < -0.4 is 9.46 Å². The molecule has 1 aromatic heterocycles. The number of nitrogens with one attached hydrogen (secondary N) is 1. The Bertz CT molecular complexity index is 958. The van der Waals surface area contributed by atoms with Crippen molar-refractivity contribution in [2.75, 3.05) is 7.11 Å². The molecule has 9 heteroatoms. The Morgan fingerprint density at radius 3 is 2.69 bits per heavy atom. The molecule has 0 saturated heterocycles. The average Bonchev–Trinajstić information content (AvgIpc) is 3.41. The number of aryl methyl sites for hydroxylation is 1. The number of hydrogen-bond donors (Lipinski definition) is 1. The van der Waals surface area contributed by atoms with Gasteiger partial charge < -0.3 is 4.74 Å². The number of aromatic nitrogens is 2. The molecule has 1 fully saturated rings. The van der Waals surface area contributed by atoms with Gasteiger partial charge in [0.15, 0.2) is 5.69 Å². The summed E-state index contributed by atoms with van der Waals surface area (Å²) in [5, 5.41) is 7.77. The van der Waals surface area contributed by atoms with Gasteiger partial charge >= 0.3 is 0 Å². The van der Waals surface area contributed by atoms with Crippen LogP contribution in [0.25, 0.3) is 0 Å². The SMILES string of the molecule is COc1cc(C(=O)NS(=O)(=O)Cc2cc(C)ccc2F)nnc1C1CC1. The van der Waals surface area contributed by atoms with Crippen LogP contribution >= 0.6 is 0 Å². The Morgan fingerprint density at radius 1 is 1.31 bits per heavy atom. The van der Waals surface area contributed by atoms with Gasteiger partial charge in [0.1, 0.15) is 17.3 Å². The van der Waals surface area contributed by atoms with Crippen molar-refractivity contribution in [3.05, 3.63) is 52.6 Å². The molecule has 3 rings (SSSR count). The Morgan fingerprint density at radius 2 is 2.04 bits per heavy atom. The predicted molar refractivity (Wildman–Crippen MR) is 91.8 cm³/mol. The van der Waals surface area contributed by atoms with E-state index in [1.54, 1.807) is 6.92 Å². The number of ether oxygens (including phenoxy) is 1. The van der Waals surface area contributed by atoms with Crippen LogP contribution in [-0.2, 0) is 15.8 Å². The smallest absolute Gasteiger partial charge is 0.285 e. The van der Waals surface area contributed by atoms with Gasteiger partial charge in [-0.1, -0.05) is 17.7 Å². The zero-order chi connectivity index (χ0) is 18.9. The highest BCUT2D eigenvalue weighted by Crippen LogP contribution is 2.42. The molecule has 1 N–H and O–H groups in total. The summed E-state index contributed by atoms with van der Waals surface area (Å²) in [7, 11) is -2.66. The first kappa shape index (κ1) is 18.2. The lowest BCUT2D eigenvalue weighted by molar-refractivity contribution is 0.0975. The molecule has 1 heterocycles. The molecular weight excluding hydrogens is 361 g/mol. The summed E-state index contributed by atoms with van der Waals surface area (Å²) in [4.78, 5) is 12.2. The van der Waals surface area contributed by atoms with E-state index in [-0.39, 0.29) is 17.2 Å². The van der Waals surface area contributed by atoms with Gasteiger partial charge in [0.25, 0.3) is 5.91 Å². The van der Waals surface area contributed by atoms with Crippen LogP contribution in [0.4, 0.5) is 4.39 Å². The van der Waals surface area contributed by atoms with E-state index >= 15 is 0 Å². The maximum Gasteiger partial charge on any atom is 0.285 e. The third-order valence-corrected chi connectivity index (χ3v) is 5.18. The molecule has 1 aliphatic rings. The van der Waals surface area contributed by atoms with E-state index in [0.29, 0.717) is 17.0 Å². The highest BCUT2D eigenvalue weighted by Gasteiger charge is 2.30. The quantitative estimate of drug-likeness (QED) is 0.825. The lowest BCUT2D eigenvalue weighted by atomic mass is 10.1. The van der Waals surface area contributed by atoms with Crippen LogP contribution in [0.2, 0.25) is 0 Å². The number of carbonyl (C=O) groups excluding carboxylic acids is 1. The van der Waals surface area contributed by atoms with E-state index in [9.17, 15) is 17.6 Å². The molecule has 0 atom stereocenters. The molecular formula is C17H18FN3O4S. The molecule has 1 amide bonds. The molecule has 0 radical (unpaired) electrons. The zero-order valence-electron chi connectivity index (χ0n) is 14.3. The van der Waals surface area contributed by atoms with Gasteiger partial charge in [-0.15, -0.1) is 5.10 Å². The molecule has 1 aliphatic carbocycles. The zero-order valence-corrected chi connectivity index (χ0v) is 15.1. The van der Waals surface area contributed by atoms with Gasteiger partial charge in [0.2, 0.25) is 10.0 Å². The monoisotopic (exact) mass is 379 g/mol. The van der Waals surface area contributed by atoms with E-state index in [1.165, 1.54) is 31.4 Å². The third-order valence-electron chi connectivity index (χ3n) is 4.00. The summed E-state index contributed by atoms with van der Waals surface area (Å²) in [6.07, 6.45) is 1.96. The Kier molecular flexibility index (Phi) is 4.90. The van der Waals surface area contributed by atoms with Gasteiger partial charge in [-0.3, -0.25) is 4.79 Å². The number of carbonyl (C=O) groups is 1. The van der Waals surface area contributed by atoms with Gasteiger partial charge in [-0.05, 0) is 25.8 Å². The summed E-state index contributed by atoms with van der Waals surface area (Å²) >= 11 is 0. The normalized spacial score (nSPS) is 14.1. The number of halogens is 1. The number of amides is 1. The molecule has 0 spiro atoms. The van der Waals surface area contributed by atoms with E-state index in [0.717, 1.165) is 12.8 Å². The second kappa shape index (κ2) is 6.99. The minimum absolute atomic E-state index is 0.0157. The summed E-state index contributed by atoms with van der Waals surface area (Å²) in [5.74, 6) is -1.58. The predicted octanol–water partition coefficient (Wildman–Crippen LogP) is 2.07. The van der Waals surface area contributed by atoms with Crippen molar-refractivity contribution in [3.8, 4) is 5.75 Å². The summed E-state index contributed by atoms with van der Waals surface area (Å²) in [5.41, 5.74) is 1.18. The molecule has 2 aromatic rings. The number of rotatable bonds is 6. The number of sulfonamides is 1. The molecule has 138 valence electrons. The van der Waals surface area contributed by atoms with Crippen molar-refractivity contribution in [2.45, 2.75) is 31.4 Å². The van der Waals surface area contributed by atoms with Crippen molar-refractivity contribution in [1.82, 2.24) is 14.9 Å². The van der Waals surface area contributed by atoms with E-state index in [4.69, 9.17) is 4.74 Å². The van der Waals surface area contributed by atoms with Crippen molar-refractivity contribution >= 4 is 15.9 Å². The van der Waals surface area contributed by atoms with Gasteiger partial charge in [0, 0.05) is 17.5 Å². The van der Waals surface area contributed by atoms with Crippen LogP contribution in [0.1, 0.15) is 46.1 Å². The van der Waals surface area contributed by atoms with Gasteiger partial charge in [-0.2, -0.15) is 5.10 Å². The van der Waals surface area contributed by atoms with Gasteiger partial charge in [0.05, 0.1) is 12.9 Å². The number of hydrogen-bond acceptors (Lipinski definition) is 6. The number of methoxy groups -OCH3 is 1. The molecule has 0 bridgehead atoms. The average molecular weight is 379 g/mol. The third kappa shape index (κ3) is 4.16. The summed E-state index contributed by atoms with van der Waals surface area (Å²) in [6.45, 7) is 1.72. The first-order valence-electron chi connectivity index (χ1n) is 8.00. The molecule has 1 aromatic carbocycles. The van der Waals surface area contributed by atoms with Crippen molar-refractivity contribution in [3.63, 3.8) is 0 Å². The second-order valence-corrected chi connectivity index (χ2v) is 7.96. The summed E-state index contributed by atoms with van der Waals surface area (Å²) in [6, 6.07) is 5.51. The minimum atomic E-state index is -4.10. The molecule has 1 saturated carbocycles. The number of benzene rings is 1. The maximum atomic E-state index is 13.8. The van der Waals surface area contributed by atoms with Crippen molar-refractivity contribution in [1.29, 1.82) is 0 Å². The van der Waals surface area contributed by atoms with Crippen LogP contribution in [0, 0.1) is 12.7 Å². The van der Waals surface area contributed by atoms with Crippen molar-refractivity contribution in [2.24, 2.45) is 0 Å². The highest BCUT2D eigenvalue weighted by atomic mass is 32.2. The van der Waals surface area contributed by atoms with Crippen LogP contribution in [-0.4, -0.2) is 31.6 Å². The van der Waals surface area contributed by atoms with E-state index in [1.807, 2.05) is 4.72 Å². The Labute approximate surface area is 150 Å². The molecule has 26 heavy (non-hydrogen) atoms. The minimum Gasteiger partial charge on any atom is -0.495 e. The Balaban J connectivity index is 1.77. The lowest BCUT2D eigenvalue weighted by Crippen LogP contribution is -2.32. The molecule has 7 nitrogen and oxygen atoms in total. The first-order chi connectivity index (χ1) is 12.3. The first-order valence-corrected chi connectivity index (χ1v) is 9.66. The standard InChI is InChI=1S/C17H18FN3O4S/c1-10-3-6-13(18)12(7-10)9-26(23,24)21-17(22)14-8-15(25-2)16(20-19-14)11-4-5-11/h3,6-8,11H,4-5,9H2,1-2H3,(H,21,22). The van der Waals surface area contributed by atoms with Crippen LogP contribution in [0.5, 0.6) is 5.75 Å². The fraction of sp³-hybridized carbons (Fsp3) is 0.353. The molecule has 0 aliphatic heterocycles. The fourth-order valence-electron chi connectivity index (χ4n) is 2.55. The number of nitrogens with zero attached hydrogens (tertiary/aromatic N) is 2. The highest BCUT2D eigenvalue weighted by molar-refractivity contribution is 7.89. The largest absolute Gasteiger partial charge is 0.495 e. The fourth-order valence-corrected chi connectivity index (χ4v) is 3.64. The maximum absolute atomic E-state index is 13.8. The van der Waals surface area contributed by atoms with Gasteiger partial charge in [-0.25, -0.2) is 17.5 Å². The topological polar surface area (TPSA) is 98.2 Å². The second-order valence-electron chi connectivity index (χ2n) is 6.24. The van der Waals surface area contributed by atoms with Crippen LogP contribution in [0.3, 0.4) is 0 Å². The van der Waals surface area contributed by atoms with E-state index in [2.05, 4.69) is 10.2 Å². The lowest BCUT2D eigenvalue weighted by Gasteiger charge is -2.10. The molecule has 0 unspecified atom stereocenters.